The van der Waals surface area contributed by atoms with E-state index in [9.17, 15) is 13.2 Å². The number of imidazole rings is 1. The molecular weight excluding hydrogens is 294 g/mol. The molecule has 0 spiro atoms. The standard InChI is InChI=1S/C13H15N3O4S/c1-20-13(17)11(7-10-5-3-2-4-6-10)16-21(18,19)12-8-14-9-15-12/h2-6,8-9,11,16H,7H2,1H3,(H,14,15). The average Bonchev–Trinajstić information content (AvgIpc) is 3.02. The van der Waals surface area contributed by atoms with Crippen LogP contribution in [0.5, 0.6) is 0 Å². The fraction of sp³-hybridized carbons (Fsp3) is 0.231. The number of hydrogen-bond donors (Lipinski definition) is 2. The molecule has 1 atom stereocenters. The number of carbonyl (C=O) groups is 1. The lowest BCUT2D eigenvalue weighted by Gasteiger charge is -2.16. The minimum absolute atomic E-state index is 0.107. The molecule has 0 aliphatic rings. The smallest absolute Gasteiger partial charge is 0.324 e. The van der Waals surface area contributed by atoms with Gasteiger partial charge in [0.15, 0.2) is 5.03 Å². The summed E-state index contributed by atoms with van der Waals surface area (Å²) in [5.74, 6) is -0.651. The number of methoxy groups -OCH3 is 1. The van der Waals surface area contributed by atoms with E-state index in [1.807, 2.05) is 18.2 Å². The number of rotatable bonds is 6. The van der Waals surface area contributed by atoms with E-state index in [2.05, 4.69) is 19.4 Å². The molecule has 0 saturated carbocycles. The molecule has 7 nitrogen and oxygen atoms in total. The van der Waals surface area contributed by atoms with E-state index in [0.717, 1.165) is 5.56 Å². The molecule has 1 aromatic heterocycles. The number of sulfonamides is 1. The summed E-state index contributed by atoms with van der Waals surface area (Å²) in [6, 6.07) is 8.07. The van der Waals surface area contributed by atoms with Crippen LogP contribution in [0.2, 0.25) is 0 Å². The summed E-state index contributed by atoms with van der Waals surface area (Å²) in [6.07, 6.45) is 2.61. The van der Waals surface area contributed by atoms with Crippen molar-refractivity contribution in [2.75, 3.05) is 7.11 Å². The molecule has 8 heteroatoms. The summed E-state index contributed by atoms with van der Waals surface area (Å²) < 4.78 is 31.2. The Morgan fingerprint density at radius 3 is 2.67 bits per heavy atom. The number of nitrogens with zero attached hydrogens (tertiary/aromatic N) is 1. The second kappa shape index (κ2) is 6.51. The molecular formula is C13H15N3O4S. The van der Waals surface area contributed by atoms with Crippen molar-refractivity contribution in [1.29, 1.82) is 0 Å². The zero-order chi connectivity index (χ0) is 15.3. The lowest BCUT2D eigenvalue weighted by molar-refractivity contribution is -0.142. The first-order valence-corrected chi connectivity index (χ1v) is 7.63. The van der Waals surface area contributed by atoms with Crippen LogP contribution in [0.4, 0.5) is 0 Å². The third-order valence-electron chi connectivity index (χ3n) is 2.83. The molecule has 2 N–H and O–H groups in total. The second-order valence-corrected chi connectivity index (χ2v) is 5.99. The normalized spacial score (nSPS) is 12.8. The topological polar surface area (TPSA) is 101 Å². The summed E-state index contributed by atoms with van der Waals surface area (Å²) in [6.45, 7) is 0. The van der Waals surface area contributed by atoms with Gasteiger partial charge in [-0.15, -0.1) is 0 Å². The molecule has 1 aromatic carbocycles. The number of aromatic amines is 1. The van der Waals surface area contributed by atoms with Gasteiger partial charge in [0.25, 0.3) is 10.0 Å². The summed E-state index contributed by atoms with van der Waals surface area (Å²) in [7, 11) is -2.65. The molecule has 0 aliphatic heterocycles. The average molecular weight is 309 g/mol. The van der Waals surface area contributed by atoms with E-state index < -0.39 is 22.0 Å². The minimum Gasteiger partial charge on any atom is -0.468 e. The maximum absolute atomic E-state index is 12.1. The van der Waals surface area contributed by atoms with Crippen molar-refractivity contribution >= 4 is 16.0 Å². The van der Waals surface area contributed by atoms with E-state index in [-0.39, 0.29) is 11.4 Å². The first-order chi connectivity index (χ1) is 10.0. The monoisotopic (exact) mass is 309 g/mol. The highest BCUT2D eigenvalue weighted by atomic mass is 32.2. The Bertz CT molecular complexity index is 683. The maximum Gasteiger partial charge on any atom is 0.324 e. The molecule has 112 valence electrons. The van der Waals surface area contributed by atoms with Crippen LogP contribution in [0.3, 0.4) is 0 Å². The van der Waals surface area contributed by atoms with Gasteiger partial charge < -0.3 is 9.72 Å². The Kier molecular flexibility index (Phi) is 4.71. The fourth-order valence-electron chi connectivity index (χ4n) is 1.81. The molecule has 2 aromatic rings. The van der Waals surface area contributed by atoms with Crippen molar-refractivity contribution in [3.8, 4) is 0 Å². The Hall–Kier alpha value is -2.19. The summed E-state index contributed by atoms with van der Waals surface area (Å²) in [5, 5.41) is -0.107. The van der Waals surface area contributed by atoms with E-state index in [0.29, 0.717) is 0 Å². The van der Waals surface area contributed by atoms with Gasteiger partial charge in [-0.2, -0.15) is 4.72 Å². The Morgan fingerprint density at radius 2 is 2.10 bits per heavy atom. The van der Waals surface area contributed by atoms with Crippen LogP contribution in [0.25, 0.3) is 0 Å². The summed E-state index contributed by atoms with van der Waals surface area (Å²) in [5.41, 5.74) is 0.820. The highest BCUT2D eigenvalue weighted by molar-refractivity contribution is 7.89. The van der Waals surface area contributed by atoms with Crippen molar-refractivity contribution in [2.24, 2.45) is 0 Å². The van der Waals surface area contributed by atoms with Crippen LogP contribution in [-0.2, 0) is 26.0 Å². The highest BCUT2D eigenvalue weighted by Gasteiger charge is 2.27. The predicted octanol–water partition coefficient (Wildman–Crippen LogP) is 0.472. The number of aromatic nitrogens is 2. The van der Waals surface area contributed by atoms with E-state index in [1.165, 1.54) is 19.6 Å². The maximum atomic E-state index is 12.1. The fourth-order valence-corrected chi connectivity index (χ4v) is 2.89. The molecule has 0 bridgehead atoms. The SMILES string of the molecule is COC(=O)C(Cc1ccccc1)NS(=O)(=O)c1cnc[nH]1. The molecule has 0 aliphatic carbocycles. The summed E-state index contributed by atoms with van der Waals surface area (Å²) in [4.78, 5) is 17.9. The van der Waals surface area contributed by atoms with Gasteiger partial charge in [0.2, 0.25) is 0 Å². The van der Waals surface area contributed by atoms with Crippen molar-refractivity contribution in [1.82, 2.24) is 14.7 Å². The zero-order valence-corrected chi connectivity index (χ0v) is 12.1. The van der Waals surface area contributed by atoms with Crippen molar-refractivity contribution in [2.45, 2.75) is 17.5 Å². The lowest BCUT2D eigenvalue weighted by Crippen LogP contribution is -2.43. The predicted molar refractivity (Wildman–Crippen MR) is 74.9 cm³/mol. The second-order valence-electron chi connectivity index (χ2n) is 4.30. The third-order valence-corrected chi connectivity index (χ3v) is 4.23. The van der Waals surface area contributed by atoms with Gasteiger partial charge in [-0.3, -0.25) is 4.79 Å². The Labute approximate surface area is 122 Å². The molecule has 0 amide bonds. The number of ether oxygens (including phenoxy) is 1. The van der Waals surface area contributed by atoms with Crippen LogP contribution >= 0.6 is 0 Å². The van der Waals surface area contributed by atoms with Crippen molar-refractivity contribution in [3.05, 3.63) is 48.4 Å². The van der Waals surface area contributed by atoms with Gasteiger partial charge in [-0.1, -0.05) is 30.3 Å². The van der Waals surface area contributed by atoms with Gasteiger partial charge in [0.05, 0.1) is 19.6 Å². The van der Waals surface area contributed by atoms with E-state index in [4.69, 9.17) is 0 Å². The number of esters is 1. The largest absolute Gasteiger partial charge is 0.468 e. The molecule has 21 heavy (non-hydrogen) atoms. The van der Waals surface area contributed by atoms with Crippen molar-refractivity contribution < 1.29 is 17.9 Å². The van der Waals surface area contributed by atoms with E-state index >= 15 is 0 Å². The first-order valence-electron chi connectivity index (χ1n) is 6.15. The number of benzene rings is 1. The minimum atomic E-state index is -3.86. The molecule has 1 unspecified atom stereocenters. The number of H-pyrrole nitrogens is 1. The van der Waals surface area contributed by atoms with Crippen LogP contribution in [0.1, 0.15) is 5.56 Å². The quantitative estimate of drug-likeness (QED) is 0.755. The third kappa shape index (κ3) is 3.89. The van der Waals surface area contributed by atoms with Gasteiger partial charge >= 0.3 is 5.97 Å². The number of carbonyl (C=O) groups excluding carboxylic acids is 1. The van der Waals surface area contributed by atoms with Gasteiger partial charge in [-0.05, 0) is 12.0 Å². The molecule has 0 radical (unpaired) electrons. The van der Waals surface area contributed by atoms with E-state index in [1.54, 1.807) is 12.1 Å². The van der Waals surface area contributed by atoms with Gasteiger partial charge in [0, 0.05) is 0 Å². The number of nitrogens with one attached hydrogen (secondary N) is 2. The lowest BCUT2D eigenvalue weighted by atomic mass is 10.1. The number of hydrogen-bond acceptors (Lipinski definition) is 5. The highest BCUT2D eigenvalue weighted by Crippen LogP contribution is 2.09. The van der Waals surface area contributed by atoms with Crippen LogP contribution in [0, 0.1) is 0 Å². The Balaban J connectivity index is 2.20. The van der Waals surface area contributed by atoms with Gasteiger partial charge in [-0.25, -0.2) is 13.4 Å². The Morgan fingerprint density at radius 1 is 1.38 bits per heavy atom. The van der Waals surface area contributed by atoms with Crippen LogP contribution in [-0.4, -0.2) is 37.5 Å². The summed E-state index contributed by atoms with van der Waals surface area (Å²) >= 11 is 0. The molecule has 1 heterocycles. The molecule has 0 saturated heterocycles. The first kappa shape index (κ1) is 15.2. The van der Waals surface area contributed by atoms with Crippen LogP contribution < -0.4 is 4.72 Å². The zero-order valence-electron chi connectivity index (χ0n) is 11.3. The van der Waals surface area contributed by atoms with Crippen LogP contribution in [0.15, 0.2) is 47.9 Å². The van der Waals surface area contributed by atoms with Gasteiger partial charge in [0.1, 0.15) is 6.04 Å². The van der Waals surface area contributed by atoms with Crippen molar-refractivity contribution in [3.63, 3.8) is 0 Å². The molecule has 2 rings (SSSR count). The molecule has 0 fully saturated rings.